The molecule has 1 saturated heterocycles. The summed E-state index contributed by atoms with van der Waals surface area (Å²) in [6.07, 6.45) is 1.07. The number of hydrogen-bond donors (Lipinski definition) is 3. The van der Waals surface area contributed by atoms with Crippen molar-refractivity contribution in [3.63, 3.8) is 0 Å². The number of carbonyl (C=O) groups excluding carboxylic acids is 3. The molecule has 2 unspecified atom stereocenters. The monoisotopic (exact) mass is 1010 g/mol. The van der Waals surface area contributed by atoms with Crippen LogP contribution < -0.4 is 14.8 Å². The van der Waals surface area contributed by atoms with E-state index in [0.717, 1.165) is 44.8 Å². The predicted molar refractivity (Wildman–Crippen MR) is 281 cm³/mol. The van der Waals surface area contributed by atoms with E-state index in [-0.39, 0.29) is 61.4 Å². The van der Waals surface area contributed by atoms with Gasteiger partial charge in [-0.05, 0) is 101 Å². The highest BCUT2D eigenvalue weighted by molar-refractivity contribution is 7.13. The SMILES string of the molecule is CC/C(=C(\c1ccc(O)cc1)c1ccc(OCCN(C)C(=O)CCCOCCOc2cc(C(C(=O)N3C[C@H](O)C[C@H]3C3=NC(C)(c4ccc(-c5scnc5C)cc4)C(=O)N3)C(C)C)on2)cc1)c1ccccc1. The van der Waals surface area contributed by atoms with Gasteiger partial charge >= 0.3 is 0 Å². The third-order valence-electron chi connectivity index (χ3n) is 13.5. The number of thiazole rings is 1. The van der Waals surface area contributed by atoms with Gasteiger partial charge in [0, 0.05) is 39.1 Å². The first-order valence-corrected chi connectivity index (χ1v) is 25.7. The Morgan fingerprint density at radius 2 is 1.64 bits per heavy atom. The van der Waals surface area contributed by atoms with Crippen LogP contribution >= 0.6 is 11.3 Å². The normalized spacial score (nSPS) is 18.3. The van der Waals surface area contributed by atoms with Crippen molar-refractivity contribution in [3.05, 3.63) is 148 Å². The zero-order valence-corrected chi connectivity index (χ0v) is 43.1. The molecule has 0 saturated carbocycles. The van der Waals surface area contributed by atoms with Gasteiger partial charge in [-0.15, -0.1) is 11.3 Å². The minimum atomic E-state index is -1.22. The molecule has 2 aliphatic heterocycles. The number of allylic oxidation sites excluding steroid dienone is 1. The van der Waals surface area contributed by atoms with Crippen LogP contribution in [0.3, 0.4) is 0 Å². The molecule has 4 atom stereocenters. The van der Waals surface area contributed by atoms with Crippen LogP contribution in [0.4, 0.5) is 0 Å². The van der Waals surface area contributed by atoms with E-state index in [4.69, 9.17) is 23.7 Å². The molecule has 4 aromatic carbocycles. The Morgan fingerprint density at radius 3 is 2.32 bits per heavy atom. The van der Waals surface area contributed by atoms with E-state index in [0.29, 0.717) is 55.5 Å². The molecule has 1 fully saturated rings. The zero-order valence-electron chi connectivity index (χ0n) is 42.2. The molecule has 0 spiro atoms. The summed E-state index contributed by atoms with van der Waals surface area (Å²) in [7, 11) is 1.76. The van der Waals surface area contributed by atoms with Gasteiger partial charge in [-0.25, -0.2) is 9.98 Å². The summed E-state index contributed by atoms with van der Waals surface area (Å²) < 4.78 is 23.3. The average molecular weight is 1010 g/mol. The summed E-state index contributed by atoms with van der Waals surface area (Å²) >= 11 is 1.56. The number of nitrogens with one attached hydrogen (secondary N) is 1. The molecule has 2 aromatic heterocycles. The van der Waals surface area contributed by atoms with Gasteiger partial charge in [0.25, 0.3) is 11.8 Å². The maximum Gasteiger partial charge on any atom is 0.257 e. The summed E-state index contributed by atoms with van der Waals surface area (Å²) in [4.78, 5) is 54.3. The lowest BCUT2D eigenvalue weighted by atomic mass is 9.88. The van der Waals surface area contributed by atoms with Crippen LogP contribution in [0.2, 0.25) is 0 Å². The fourth-order valence-electron chi connectivity index (χ4n) is 9.43. The van der Waals surface area contributed by atoms with E-state index in [9.17, 15) is 24.6 Å². The average Bonchev–Trinajstić information content (AvgIpc) is 4.20. The van der Waals surface area contributed by atoms with Crippen molar-refractivity contribution in [1.29, 1.82) is 0 Å². The number of ether oxygens (including phenoxy) is 3. The Balaban J connectivity index is 0.767. The maximum absolute atomic E-state index is 14.4. The molecule has 4 heterocycles. The number of amides is 3. The second kappa shape index (κ2) is 23.6. The summed E-state index contributed by atoms with van der Waals surface area (Å²) in [5, 5.41) is 27.8. The van der Waals surface area contributed by atoms with E-state index in [2.05, 4.69) is 34.5 Å². The Kier molecular flexibility index (Phi) is 16.9. The number of aliphatic imine (C=N–C) groups is 1. The molecule has 2 aliphatic rings. The number of β-amino-alcohol motifs (C(OH)–C–C–N with tert-alkyl or cyclic N) is 1. The fraction of sp³-hybridized carbons (Fsp3) is 0.368. The lowest BCUT2D eigenvalue weighted by Crippen LogP contribution is -2.48. The van der Waals surface area contributed by atoms with Crippen LogP contribution in [0.1, 0.15) is 93.0 Å². The molecule has 3 N–H and O–H groups in total. The number of likely N-dealkylation sites (N-methyl/N-ethyl adjacent to an activating group) is 1. The molecule has 16 heteroatoms. The smallest absolute Gasteiger partial charge is 0.257 e. The van der Waals surface area contributed by atoms with Gasteiger partial charge in [-0.2, -0.15) is 0 Å². The highest BCUT2D eigenvalue weighted by Gasteiger charge is 2.48. The topological polar surface area (TPSA) is 189 Å². The Hall–Kier alpha value is -7.14. The van der Waals surface area contributed by atoms with Crippen molar-refractivity contribution >= 4 is 46.0 Å². The highest BCUT2D eigenvalue weighted by atomic mass is 32.1. The summed E-state index contributed by atoms with van der Waals surface area (Å²) in [5.74, 6) is 0.220. The second-order valence-corrected chi connectivity index (χ2v) is 19.8. The van der Waals surface area contributed by atoms with Gasteiger partial charge in [-0.3, -0.25) is 14.4 Å². The third kappa shape index (κ3) is 12.2. The number of benzene rings is 4. The largest absolute Gasteiger partial charge is 0.508 e. The number of phenolic OH excluding ortho intramolecular Hbond substituents is 1. The van der Waals surface area contributed by atoms with Gasteiger partial charge in [-0.1, -0.05) is 99.6 Å². The summed E-state index contributed by atoms with van der Waals surface area (Å²) in [5.41, 5.74) is 8.71. The number of phenols is 1. The summed E-state index contributed by atoms with van der Waals surface area (Å²) in [6, 6.07) is 34.2. The van der Waals surface area contributed by atoms with Crippen molar-refractivity contribution in [1.82, 2.24) is 25.3 Å². The molecule has 8 rings (SSSR count). The molecule has 382 valence electrons. The van der Waals surface area contributed by atoms with Gasteiger partial charge in [0.2, 0.25) is 11.8 Å². The fourth-order valence-corrected chi connectivity index (χ4v) is 10.2. The molecule has 6 aromatic rings. The van der Waals surface area contributed by atoms with Gasteiger partial charge in [0.05, 0.1) is 41.4 Å². The number of nitrogens with zero attached hydrogens (tertiary/aromatic N) is 5. The Morgan fingerprint density at radius 1 is 0.932 bits per heavy atom. The third-order valence-corrected chi connectivity index (χ3v) is 14.4. The van der Waals surface area contributed by atoms with Crippen LogP contribution in [0.25, 0.3) is 21.6 Å². The van der Waals surface area contributed by atoms with Crippen molar-refractivity contribution in [2.24, 2.45) is 10.9 Å². The minimum absolute atomic E-state index is 0.0155. The first kappa shape index (κ1) is 52.2. The van der Waals surface area contributed by atoms with Gasteiger partial charge < -0.3 is 44.1 Å². The van der Waals surface area contributed by atoms with Crippen molar-refractivity contribution in [2.75, 3.05) is 46.6 Å². The highest BCUT2D eigenvalue weighted by Crippen LogP contribution is 2.38. The number of amidine groups is 1. The first-order valence-electron chi connectivity index (χ1n) is 24.9. The number of aliphatic hydroxyl groups excluding tert-OH is 1. The molecule has 3 amide bonds. The molecular weight excluding hydrogens is 945 g/mol. The minimum Gasteiger partial charge on any atom is -0.508 e. The molecule has 0 bridgehead atoms. The second-order valence-electron chi connectivity index (χ2n) is 18.9. The maximum atomic E-state index is 14.4. The number of aliphatic hydroxyl groups is 1. The van der Waals surface area contributed by atoms with Crippen LogP contribution in [-0.4, -0.2) is 112 Å². The number of aromatic nitrogens is 2. The number of carbonyl (C=O) groups is 3. The van der Waals surface area contributed by atoms with Crippen LogP contribution in [0.15, 0.2) is 124 Å². The van der Waals surface area contributed by atoms with E-state index in [1.54, 1.807) is 58.8 Å². The molecular formula is C57H64N6O9S. The van der Waals surface area contributed by atoms with Gasteiger partial charge in [0.15, 0.2) is 11.3 Å². The molecule has 15 nitrogen and oxygen atoms in total. The van der Waals surface area contributed by atoms with E-state index < -0.39 is 23.6 Å². The van der Waals surface area contributed by atoms with Crippen LogP contribution in [-0.2, 0) is 24.7 Å². The van der Waals surface area contributed by atoms with Crippen molar-refractivity contribution in [2.45, 2.75) is 83.9 Å². The van der Waals surface area contributed by atoms with Crippen molar-refractivity contribution in [3.8, 4) is 27.8 Å². The van der Waals surface area contributed by atoms with Crippen LogP contribution in [0.5, 0.6) is 17.4 Å². The van der Waals surface area contributed by atoms with Crippen LogP contribution in [0, 0.1) is 12.8 Å². The molecule has 0 radical (unpaired) electrons. The number of hydrogen-bond acceptors (Lipinski definition) is 13. The number of aryl methyl sites for hydroxylation is 1. The van der Waals surface area contributed by atoms with E-state index in [1.807, 2.05) is 99.6 Å². The summed E-state index contributed by atoms with van der Waals surface area (Å²) in [6.45, 7) is 11.3. The number of likely N-dealkylation sites (tertiary alicyclic amines) is 1. The molecule has 0 aliphatic carbocycles. The van der Waals surface area contributed by atoms with Crippen molar-refractivity contribution < 1.29 is 43.3 Å². The lowest BCUT2D eigenvalue weighted by molar-refractivity contribution is -0.134. The number of aromatic hydroxyl groups is 1. The Labute approximate surface area is 430 Å². The van der Waals surface area contributed by atoms with E-state index >= 15 is 0 Å². The predicted octanol–water partition coefficient (Wildman–Crippen LogP) is 9.04. The molecule has 73 heavy (non-hydrogen) atoms. The first-order chi connectivity index (χ1) is 35.2. The van der Waals surface area contributed by atoms with E-state index in [1.165, 1.54) is 5.57 Å². The quantitative estimate of drug-likeness (QED) is 0.0435. The standard InChI is InChI=1S/C57H64N6O9S/c1-7-46(38-12-9-8-10-13-38)52(39-17-23-43(64)24-18-39)40-19-25-45(26-20-40)70-29-27-62(6)50(66)14-11-28-69-30-31-71-49-33-48(72-61-49)51(36(2)3)55(67)63-34-44(65)32-47(63)54-59-56(68)57(5,60-54)42-21-15-41(16-22-42)53-37(4)58-35-73-53/h8-10,12-13,15-26,33,35-36,44,47,51,64-65H,7,11,14,27-32,34H2,1-6H3,(H,59,60,68)/b52-46-/t44-,47+,51?,57?/m1/s1. The number of rotatable bonds is 22. The Bertz CT molecular complexity index is 2900. The van der Waals surface area contributed by atoms with Gasteiger partial charge in [0.1, 0.15) is 36.5 Å². The lowest BCUT2D eigenvalue weighted by Gasteiger charge is -2.29. The zero-order chi connectivity index (χ0) is 51.6.